The number of rotatable bonds is 5. The van der Waals surface area contributed by atoms with E-state index < -0.39 is 0 Å². The van der Waals surface area contributed by atoms with Crippen LogP contribution in [0.2, 0.25) is 5.02 Å². The summed E-state index contributed by atoms with van der Waals surface area (Å²) in [6.07, 6.45) is 0.166. The van der Waals surface area contributed by atoms with Gasteiger partial charge in [0, 0.05) is 24.3 Å². The minimum atomic E-state index is 0.166. The molecule has 0 atom stereocenters. The molecule has 0 amide bonds. The highest BCUT2D eigenvalue weighted by Gasteiger charge is 2.07. The van der Waals surface area contributed by atoms with Gasteiger partial charge in [0.2, 0.25) is 0 Å². The van der Waals surface area contributed by atoms with Crippen LogP contribution in [0.25, 0.3) is 0 Å². The Balaban J connectivity index is 2.09. The van der Waals surface area contributed by atoms with Gasteiger partial charge in [-0.05, 0) is 61.9 Å². The number of ether oxygens (including phenoxy) is 1. The average Bonchev–Trinajstić information content (AvgIpc) is 2.43. The average molecular weight is 306 g/mol. The number of phenolic OH excluding ortho intramolecular Hbond substituents is 1. The lowest BCUT2D eigenvalue weighted by Gasteiger charge is -2.21. The number of nitrogens with zero attached hydrogens (tertiary/aromatic N) is 1. The lowest BCUT2D eigenvalue weighted by Crippen LogP contribution is -2.16. The van der Waals surface area contributed by atoms with Crippen molar-refractivity contribution in [2.45, 2.75) is 26.5 Å². The molecule has 2 aromatic rings. The van der Waals surface area contributed by atoms with E-state index in [0.717, 1.165) is 17.0 Å². The van der Waals surface area contributed by atoms with Crippen molar-refractivity contribution in [3.63, 3.8) is 0 Å². The Labute approximate surface area is 130 Å². The van der Waals surface area contributed by atoms with E-state index in [2.05, 4.69) is 4.90 Å². The second-order valence-electron chi connectivity index (χ2n) is 5.29. The van der Waals surface area contributed by atoms with Crippen molar-refractivity contribution in [3.05, 3.63) is 53.1 Å². The van der Waals surface area contributed by atoms with Gasteiger partial charge in [-0.15, -0.1) is 0 Å². The van der Waals surface area contributed by atoms with Crippen LogP contribution in [0.3, 0.4) is 0 Å². The molecule has 0 bridgehead atoms. The Hall–Kier alpha value is -1.87. The Morgan fingerprint density at radius 2 is 1.81 bits per heavy atom. The zero-order chi connectivity index (χ0) is 15.4. The van der Waals surface area contributed by atoms with Gasteiger partial charge in [-0.25, -0.2) is 0 Å². The quantitative estimate of drug-likeness (QED) is 0.884. The van der Waals surface area contributed by atoms with E-state index in [1.807, 2.05) is 45.2 Å². The molecular formula is C17H20ClNO2. The predicted molar refractivity (Wildman–Crippen MR) is 87.4 cm³/mol. The van der Waals surface area contributed by atoms with E-state index in [9.17, 15) is 5.11 Å². The van der Waals surface area contributed by atoms with Gasteiger partial charge in [-0.1, -0.05) is 11.6 Å². The highest BCUT2D eigenvalue weighted by Crippen LogP contribution is 2.25. The molecule has 1 N–H and O–H groups in total. The molecule has 3 nitrogen and oxygen atoms in total. The molecule has 0 heterocycles. The van der Waals surface area contributed by atoms with Crippen molar-refractivity contribution in [1.29, 1.82) is 0 Å². The SMILES string of the molecule is CC(C)Oc1ccc(N(C)Cc2cc(O)ccc2Cl)cc1. The van der Waals surface area contributed by atoms with E-state index >= 15 is 0 Å². The molecule has 0 fully saturated rings. The van der Waals surface area contributed by atoms with Crippen LogP contribution in [0.15, 0.2) is 42.5 Å². The first-order valence-corrected chi connectivity index (χ1v) is 7.29. The van der Waals surface area contributed by atoms with Gasteiger partial charge in [0.1, 0.15) is 11.5 Å². The number of hydrogen-bond donors (Lipinski definition) is 1. The number of hydrogen-bond acceptors (Lipinski definition) is 3. The number of halogens is 1. The van der Waals surface area contributed by atoms with Crippen LogP contribution in [0, 0.1) is 0 Å². The fourth-order valence-corrected chi connectivity index (χ4v) is 2.26. The maximum Gasteiger partial charge on any atom is 0.119 e. The highest BCUT2D eigenvalue weighted by atomic mass is 35.5. The molecule has 21 heavy (non-hydrogen) atoms. The largest absolute Gasteiger partial charge is 0.508 e. The normalized spacial score (nSPS) is 10.7. The van der Waals surface area contributed by atoms with Crippen molar-refractivity contribution >= 4 is 17.3 Å². The molecule has 0 radical (unpaired) electrons. The first kappa shape index (κ1) is 15.5. The van der Waals surface area contributed by atoms with E-state index in [1.54, 1.807) is 18.2 Å². The predicted octanol–water partition coefficient (Wildman–Crippen LogP) is 4.47. The summed E-state index contributed by atoms with van der Waals surface area (Å²) in [6, 6.07) is 12.9. The molecule has 0 aromatic heterocycles. The van der Waals surface area contributed by atoms with Gasteiger partial charge in [0.15, 0.2) is 0 Å². The lowest BCUT2D eigenvalue weighted by atomic mass is 10.2. The van der Waals surface area contributed by atoms with E-state index in [4.69, 9.17) is 16.3 Å². The Morgan fingerprint density at radius 1 is 1.14 bits per heavy atom. The zero-order valence-corrected chi connectivity index (χ0v) is 13.3. The van der Waals surface area contributed by atoms with Crippen LogP contribution in [0.1, 0.15) is 19.4 Å². The van der Waals surface area contributed by atoms with E-state index in [-0.39, 0.29) is 11.9 Å². The molecule has 0 aliphatic carbocycles. The molecule has 0 aliphatic rings. The third-order valence-electron chi connectivity index (χ3n) is 3.09. The first-order chi connectivity index (χ1) is 9.95. The molecule has 0 saturated carbocycles. The van der Waals surface area contributed by atoms with Crippen molar-refractivity contribution in [2.75, 3.05) is 11.9 Å². The standard InChI is InChI=1S/C17H20ClNO2/c1-12(2)21-16-7-4-14(5-8-16)19(3)11-13-10-15(20)6-9-17(13)18/h4-10,12,20H,11H2,1-3H3. The van der Waals surface area contributed by atoms with Gasteiger partial charge in [-0.3, -0.25) is 0 Å². The summed E-state index contributed by atoms with van der Waals surface area (Å²) < 4.78 is 5.63. The molecule has 2 aromatic carbocycles. The summed E-state index contributed by atoms with van der Waals surface area (Å²) >= 11 is 6.15. The van der Waals surface area contributed by atoms with Gasteiger partial charge in [0.05, 0.1) is 6.10 Å². The number of anilines is 1. The van der Waals surface area contributed by atoms with Gasteiger partial charge >= 0.3 is 0 Å². The van der Waals surface area contributed by atoms with Crippen LogP contribution >= 0.6 is 11.6 Å². The molecule has 2 rings (SSSR count). The smallest absolute Gasteiger partial charge is 0.119 e. The zero-order valence-electron chi connectivity index (χ0n) is 12.5. The summed E-state index contributed by atoms with van der Waals surface area (Å²) in [7, 11) is 1.98. The fraction of sp³-hybridized carbons (Fsp3) is 0.294. The monoisotopic (exact) mass is 305 g/mol. The topological polar surface area (TPSA) is 32.7 Å². The molecule has 112 valence electrons. The van der Waals surface area contributed by atoms with Gasteiger partial charge in [0.25, 0.3) is 0 Å². The van der Waals surface area contributed by atoms with Crippen LogP contribution in [0.5, 0.6) is 11.5 Å². The molecule has 0 spiro atoms. The summed E-state index contributed by atoms with van der Waals surface area (Å²) in [5, 5.41) is 10.2. The van der Waals surface area contributed by atoms with Crippen LogP contribution in [0.4, 0.5) is 5.69 Å². The van der Waals surface area contributed by atoms with Crippen molar-refractivity contribution in [1.82, 2.24) is 0 Å². The second kappa shape index (κ2) is 6.72. The highest BCUT2D eigenvalue weighted by molar-refractivity contribution is 6.31. The van der Waals surface area contributed by atoms with Crippen LogP contribution in [-0.4, -0.2) is 18.3 Å². The Morgan fingerprint density at radius 3 is 2.43 bits per heavy atom. The van der Waals surface area contributed by atoms with Crippen molar-refractivity contribution < 1.29 is 9.84 Å². The first-order valence-electron chi connectivity index (χ1n) is 6.91. The summed E-state index contributed by atoms with van der Waals surface area (Å²) in [4.78, 5) is 2.07. The number of aromatic hydroxyl groups is 1. The molecule has 0 saturated heterocycles. The lowest BCUT2D eigenvalue weighted by molar-refractivity contribution is 0.242. The number of phenols is 1. The summed E-state index contributed by atoms with van der Waals surface area (Å²) in [5.41, 5.74) is 1.95. The van der Waals surface area contributed by atoms with Crippen LogP contribution < -0.4 is 9.64 Å². The van der Waals surface area contributed by atoms with E-state index in [1.165, 1.54) is 0 Å². The summed E-state index contributed by atoms with van der Waals surface area (Å²) in [5.74, 6) is 1.08. The van der Waals surface area contributed by atoms with E-state index in [0.29, 0.717) is 11.6 Å². The minimum absolute atomic E-state index is 0.166. The van der Waals surface area contributed by atoms with Crippen molar-refractivity contribution in [3.8, 4) is 11.5 Å². The molecule has 4 heteroatoms. The Kier molecular flexibility index (Phi) is 4.97. The molecule has 0 unspecified atom stereocenters. The maximum absolute atomic E-state index is 9.55. The van der Waals surface area contributed by atoms with Crippen LogP contribution in [-0.2, 0) is 6.54 Å². The Bertz CT molecular complexity index is 596. The third-order valence-corrected chi connectivity index (χ3v) is 3.45. The van der Waals surface area contributed by atoms with Gasteiger partial charge < -0.3 is 14.7 Å². The molecular weight excluding hydrogens is 286 g/mol. The second-order valence-corrected chi connectivity index (χ2v) is 5.70. The van der Waals surface area contributed by atoms with Crippen molar-refractivity contribution in [2.24, 2.45) is 0 Å². The number of benzene rings is 2. The maximum atomic E-state index is 9.55. The fourth-order valence-electron chi connectivity index (χ4n) is 2.08. The minimum Gasteiger partial charge on any atom is -0.508 e. The molecule has 0 aliphatic heterocycles. The third kappa shape index (κ3) is 4.30. The van der Waals surface area contributed by atoms with Gasteiger partial charge in [-0.2, -0.15) is 0 Å². The summed E-state index contributed by atoms with van der Waals surface area (Å²) in [6.45, 7) is 4.63.